The Kier molecular flexibility index (Phi) is 8.64. The Hall–Kier alpha value is -0.850. The summed E-state index contributed by atoms with van der Waals surface area (Å²) in [5.41, 5.74) is 0. The van der Waals surface area contributed by atoms with Crippen LogP contribution in [0.15, 0.2) is 0 Å². The molecule has 0 aromatic carbocycles. The fraction of sp³-hybridized carbons (Fsp3) is 0.933. The van der Waals surface area contributed by atoms with Crippen LogP contribution >= 0.6 is 0 Å². The highest BCUT2D eigenvalue weighted by molar-refractivity contribution is 5.73. The van der Waals surface area contributed by atoms with Crippen LogP contribution in [-0.2, 0) is 0 Å². The van der Waals surface area contributed by atoms with Crippen molar-refractivity contribution in [3.8, 4) is 0 Å². The van der Waals surface area contributed by atoms with Gasteiger partial charge in [-0.25, -0.2) is 4.79 Å². The summed E-state index contributed by atoms with van der Waals surface area (Å²) in [6, 6.07) is 0.591. The van der Waals surface area contributed by atoms with E-state index in [1.807, 2.05) is 6.92 Å². The van der Waals surface area contributed by atoms with Gasteiger partial charge in [0.05, 0.1) is 0 Å². The predicted octanol–water partition coefficient (Wildman–Crippen LogP) is 0.330. The number of nitrogens with zero attached hydrogens (tertiary/aromatic N) is 2. The quantitative estimate of drug-likeness (QED) is 0.604. The predicted molar refractivity (Wildman–Crippen MR) is 85.4 cm³/mol. The van der Waals surface area contributed by atoms with Gasteiger partial charge in [0.2, 0.25) is 0 Å². The minimum absolute atomic E-state index is 0.108. The van der Waals surface area contributed by atoms with Crippen molar-refractivity contribution in [2.75, 3.05) is 53.4 Å². The van der Waals surface area contributed by atoms with Crippen molar-refractivity contribution < 1.29 is 9.90 Å². The highest BCUT2D eigenvalue weighted by atomic mass is 16.3. The number of hydrogen-bond acceptors (Lipinski definition) is 4. The highest BCUT2D eigenvalue weighted by Gasteiger charge is 2.20. The van der Waals surface area contributed by atoms with Crippen LogP contribution in [0.2, 0.25) is 0 Å². The molecule has 1 heterocycles. The molecule has 0 aromatic rings. The molecule has 1 rings (SSSR count). The zero-order chi connectivity index (χ0) is 15.7. The van der Waals surface area contributed by atoms with E-state index in [1.54, 1.807) is 0 Å². The Morgan fingerprint density at radius 3 is 2.57 bits per heavy atom. The molecule has 0 saturated carbocycles. The lowest BCUT2D eigenvalue weighted by atomic mass is 10.0. The molecule has 1 atom stereocenters. The first-order valence-corrected chi connectivity index (χ1v) is 8.04. The van der Waals surface area contributed by atoms with Crippen LogP contribution in [0, 0.1) is 5.92 Å². The Morgan fingerprint density at radius 1 is 1.33 bits per heavy atom. The topological polar surface area (TPSA) is 67.8 Å². The summed E-state index contributed by atoms with van der Waals surface area (Å²) in [6.07, 6.45) is 3.14. The van der Waals surface area contributed by atoms with Gasteiger partial charge < -0.3 is 25.5 Å². The number of likely N-dealkylation sites (tertiary alicyclic amines) is 1. The minimum Gasteiger partial charge on any atom is -0.396 e. The van der Waals surface area contributed by atoms with E-state index in [1.165, 1.54) is 12.8 Å². The first-order valence-electron chi connectivity index (χ1n) is 8.04. The lowest BCUT2D eigenvalue weighted by Crippen LogP contribution is -2.46. The van der Waals surface area contributed by atoms with E-state index in [9.17, 15) is 4.79 Å². The molecule has 0 spiro atoms. The van der Waals surface area contributed by atoms with Crippen LogP contribution in [0.1, 0.15) is 26.2 Å². The maximum absolute atomic E-state index is 11.6. The normalized spacial score (nSPS) is 18.7. The Labute approximate surface area is 128 Å². The third kappa shape index (κ3) is 7.64. The number of hydrogen-bond donors (Lipinski definition) is 3. The number of piperidine rings is 1. The summed E-state index contributed by atoms with van der Waals surface area (Å²) in [5.74, 6) is 0.311. The lowest BCUT2D eigenvalue weighted by molar-refractivity contribution is 0.145. The molecule has 6 heteroatoms. The number of rotatable bonds is 8. The SMILES string of the molecule is CC(CCO)CNC(=O)NCCN1CCC(N(C)C)CC1. The van der Waals surface area contributed by atoms with Crippen molar-refractivity contribution in [2.24, 2.45) is 5.92 Å². The third-order valence-corrected chi connectivity index (χ3v) is 4.23. The first kappa shape index (κ1) is 18.2. The van der Waals surface area contributed by atoms with E-state index >= 15 is 0 Å². The molecule has 1 aliphatic rings. The van der Waals surface area contributed by atoms with Crippen molar-refractivity contribution in [3.63, 3.8) is 0 Å². The number of aliphatic hydroxyl groups is 1. The lowest BCUT2D eigenvalue weighted by Gasteiger charge is -2.35. The molecule has 21 heavy (non-hydrogen) atoms. The van der Waals surface area contributed by atoms with E-state index in [4.69, 9.17) is 5.11 Å². The highest BCUT2D eigenvalue weighted by Crippen LogP contribution is 2.13. The van der Waals surface area contributed by atoms with Gasteiger partial charge >= 0.3 is 6.03 Å². The van der Waals surface area contributed by atoms with Crippen molar-refractivity contribution in [1.82, 2.24) is 20.4 Å². The molecule has 6 nitrogen and oxygen atoms in total. The molecule has 1 saturated heterocycles. The van der Waals surface area contributed by atoms with E-state index in [0.29, 0.717) is 25.0 Å². The van der Waals surface area contributed by atoms with Crippen molar-refractivity contribution in [1.29, 1.82) is 0 Å². The zero-order valence-electron chi connectivity index (χ0n) is 13.8. The van der Waals surface area contributed by atoms with Gasteiger partial charge in [-0.1, -0.05) is 6.92 Å². The number of aliphatic hydroxyl groups excluding tert-OH is 1. The van der Waals surface area contributed by atoms with Gasteiger partial charge in [0, 0.05) is 32.3 Å². The summed E-state index contributed by atoms with van der Waals surface area (Å²) in [4.78, 5) is 16.3. The van der Waals surface area contributed by atoms with Gasteiger partial charge in [-0.05, 0) is 52.4 Å². The first-order chi connectivity index (χ1) is 10.0. The van der Waals surface area contributed by atoms with E-state index in [0.717, 1.165) is 26.1 Å². The van der Waals surface area contributed by atoms with Crippen LogP contribution in [0.25, 0.3) is 0 Å². The Bertz CT molecular complexity index is 291. The summed E-state index contributed by atoms with van der Waals surface area (Å²) in [7, 11) is 4.29. The molecule has 0 bridgehead atoms. The molecule has 124 valence electrons. The second-order valence-corrected chi connectivity index (χ2v) is 6.29. The molecule has 2 amide bonds. The second kappa shape index (κ2) is 9.97. The molecular weight excluding hydrogens is 268 g/mol. The Morgan fingerprint density at radius 2 is 2.00 bits per heavy atom. The number of urea groups is 1. The number of nitrogens with one attached hydrogen (secondary N) is 2. The van der Waals surface area contributed by atoms with Crippen LogP contribution in [0.5, 0.6) is 0 Å². The average molecular weight is 300 g/mol. The van der Waals surface area contributed by atoms with Gasteiger partial charge in [-0.3, -0.25) is 0 Å². The van der Waals surface area contributed by atoms with Crippen LogP contribution < -0.4 is 10.6 Å². The van der Waals surface area contributed by atoms with Crippen molar-refractivity contribution in [3.05, 3.63) is 0 Å². The monoisotopic (exact) mass is 300 g/mol. The third-order valence-electron chi connectivity index (χ3n) is 4.23. The number of amides is 2. The van der Waals surface area contributed by atoms with E-state index < -0.39 is 0 Å². The molecule has 0 aromatic heterocycles. The summed E-state index contributed by atoms with van der Waals surface area (Å²) < 4.78 is 0. The summed E-state index contributed by atoms with van der Waals surface area (Å²) >= 11 is 0. The van der Waals surface area contributed by atoms with E-state index in [2.05, 4.69) is 34.5 Å². The fourth-order valence-corrected chi connectivity index (χ4v) is 2.64. The molecule has 1 fully saturated rings. The molecule has 1 aliphatic heterocycles. The van der Waals surface area contributed by atoms with Crippen LogP contribution in [0.4, 0.5) is 4.79 Å². The van der Waals surface area contributed by atoms with E-state index in [-0.39, 0.29) is 12.6 Å². The van der Waals surface area contributed by atoms with Gasteiger partial charge in [-0.2, -0.15) is 0 Å². The largest absolute Gasteiger partial charge is 0.396 e. The molecule has 0 radical (unpaired) electrons. The fourth-order valence-electron chi connectivity index (χ4n) is 2.64. The van der Waals surface area contributed by atoms with Gasteiger partial charge in [0.15, 0.2) is 0 Å². The zero-order valence-corrected chi connectivity index (χ0v) is 13.8. The second-order valence-electron chi connectivity index (χ2n) is 6.29. The van der Waals surface area contributed by atoms with Gasteiger partial charge in [0.1, 0.15) is 0 Å². The maximum atomic E-state index is 11.6. The standard InChI is InChI=1S/C15H32N4O2/c1-13(6-11-20)12-17-15(21)16-7-10-19-8-4-14(5-9-19)18(2)3/h13-14,20H,4-12H2,1-3H3,(H2,16,17,21). The molecule has 1 unspecified atom stereocenters. The number of carbonyl (C=O) groups is 1. The van der Waals surface area contributed by atoms with Gasteiger partial charge in [0.25, 0.3) is 0 Å². The van der Waals surface area contributed by atoms with Gasteiger partial charge in [-0.15, -0.1) is 0 Å². The van der Waals surface area contributed by atoms with Crippen molar-refractivity contribution >= 4 is 6.03 Å². The number of carbonyl (C=O) groups excluding carboxylic acids is 1. The smallest absolute Gasteiger partial charge is 0.314 e. The Balaban J connectivity index is 2.05. The van der Waals surface area contributed by atoms with Crippen molar-refractivity contribution in [2.45, 2.75) is 32.2 Å². The van der Waals surface area contributed by atoms with Crippen LogP contribution in [0.3, 0.4) is 0 Å². The molecule has 0 aliphatic carbocycles. The molecular formula is C15H32N4O2. The maximum Gasteiger partial charge on any atom is 0.314 e. The average Bonchev–Trinajstić information content (AvgIpc) is 2.46. The summed E-state index contributed by atoms with van der Waals surface area (Å²) in [6.45, 7) is 6.63. The molecule has 3 N–H and O–H groups in total. The minimum atomic E-state index is -0.108. The van der Waals surface area contributed by atoms with Crippen LogP contribution in [-0.4, -0.2) is 80.4 Å². The summed E-state index contributed by atoms with van der Waals surface area (Å²) in [5, 5.41) is 14.5.